The Labute approximate surface area is 366 Å². The first-order chi connectivity index (χ1) is 29.5. The molecule has 23 heteroatoms. The Morgan fingerprint density at radius 3 is 2.16 bits per heavy atom. The van der Waals surface area contributed by atoms with Crippen LogP contribution in [0.4, 0.5) is 20.6 Å². The van der Waals surface area contributed by atoms with E-state index >= 15 is 0 Å². The van der Waals surface area contributed by atoms with Crippen LogP contribution in [0.1, 0.15) is 52.6 Å². The molecular weight excluding hydrogens is 870 g/mol. The van der Waals surface area contributed by atoms with Crippen molar-refractivity contribution < 1.29 is 66.1 Å². The molecule has 6 heterocycles. The van der Waals surface area contributed by atoms with E-state index in [0.29, 0.717) is 43.2 Å². The van der Waals surface area contributed by atoms with Gasteiger partial charge in [-0.25, -0.2) is 27.2 Å². The number of carbonyl (C=O) groups is 7. The number of aliphatic carboxylic acids is 2. The second-order valence-corrected chi connectivity index (χ2v) is 21.1. The molecule has 0 bridgehead atoms. The molecule has 6 saturated heterocycles. The second kappa shape index (κ2) is 17.9. The normalized spacial score (nSPS) is 27.4. The van der Waals surface area contributed by atoms with Crippen LogP contribution in [0.15, 0.2) is 48.5 Å². The van der Waals surface area contributed by atoms with Gasteiger partial charge in [-0.05, 0) is 51.5 Å². The summed E-state index contributed by atoms with van der Waals surface area (Å²) in [5, 5.41) is 22.3. The van der Waals surface area contributed by atoms with Crippen molar-refractivity contribution in [2.75, 3.05) is 49.2 Å². The van der Waals surface area contributed by atoms with Gasteiger partial charge < -0.3 is 50.8 Å². The van der Waals surface area contributed by atoms with Gasteiger partial charge in [0.2, 0.25) is 23.6 Å². The SMILES string of the molecule is CC(=O)NC[C@H]1CN(c2ccc(N3CCOCC3)c(F)c2)C(=O)O1.CC1(C)S[C@@H]2[C@H](NC(=O)[C@H](N)c3ccccc3)C(=O)N2[C@H]1C(=O)O.CC1(C)[C@H](C(=O)O)N2C(=O)C[C@H]2S1(=O)=O. The number of thioether (sulfide) groups is 1. The van der Waals surface area contributed by atoms with E-state index < -0.39 is 84.8 Å². The van der Waals surface area contributed by atoms with Crippen LogP contribution in [0.3, 0.4) is 0 Å². The Morgan fingerprint density at radius 1 is 0.968 bits per heavy atom. The summed E-state index contributed by atoms with van der Waals surface area (Å²) in [5.41, 5.74) is 7.54. The number of hydrogen-bond acceptors (Lipinski definition) is 14. The monoisotopic (exact) mass is 919 g/mol. The number of carboxylic acids is 2. The summed E-state index contributed by atoms with van der Waals surface area (Å²) in [7, 11) is -3.57. The fourth-order valence-electron chi connectivity index (χ4n) is 8.25. The highest BCUT2D eigenvalue weighted by Gasteiger charge is 2.68. The van der Waals surface area contributed by atoms with E-state index in [9.17, 15) is 51.5 Å². The topological polar surface area (TPSA) is 276 Å². The average Bonchev–Trinajstić information content (AvgIpc) is 3.77. The number of ether oxygens (including phenoxy) is 2. The third-order valence-corrected chi connectivity index (χ3v) is 16.0. The van der Waals surface area contributed by atoms with Crippen molar-refractivity contribution in [3.63, 3.8) is 0 Å². The van der Waals surface area contributed by atoms with Crippen LogP contribution in [-0.4, -0.2) is 154 Å². The Kier molecular flexibility index (Phi) is 13.4. The molecule has 6 N–H and O–H groups in total. The maximum atomic E-state index is 14.4. The number of nitrogens with two attached hydrogens (primary N) is 1. The molecule has 342 valence electrons. The van der Waals surface area contributed by atoms with Crippen LogP contribution in [0.25, 0.3) is 0 Å². The predicted octanol–water partition coefficient (Wildman–Crippen LogP) is 0.647. The predicted molar refractivity (Wildman–Crippen MR) is 224 cm³/mol. The lowest BCUT2D eigenvalue weighted by Crippen LogP contribution is -2.71. The van der Waals surface area contributed by atoms with Crippen molar-refractivity contribution in [1.29, 1.82) is 0 Å². The Balaban J connectivity index is 0.000000162. The molecule has 7 atom stereocenters. The summed E-state index contributed by atoms with van der Waals surface area (Å²) in [6.45, 7) is 10.6. The number of amides is 5. The summed E-state index contributed by atoms with van der Waals surface area (Å²) in [5.74, 6) is -4.09. The molecule has 6 fully saturated rings. The summed E-state index contributed by atoms with van der Waals surface area (Å²) in [6, 6.07) is 9.84. The third-order valence-electron chi connectivity index (χ3n) is 11.7. The quantitative estimate of drug-likeness (QED) is 0.216. The number of cyclic esters (lactones) is 1. The highest BCUT2D eigenvalue weighted by molar-refractivity contribution is 8.01. The molecule has 6 aliphatic heterocycles. The molecule has 0 aromatic heterocycles. The van der Waals surface area contributed by atoms with Crippen molar-refractivity contribution in [2.24, 2.45) is 5.73 Å². The van der Waals surface area contributed by atoms with Gasteiger partial charge in [-0.2, -0.15) is 0 Å². The summed E-state index contributed by atoms with van der Waals surface area (Å²) in [4.78, 5) is 86.8. The van der Waals surface area contributed by atoms with E-state index in [1.165, 1.54) is 48.4 Å². The van der Waals surface area contributed by atoms with E-state index in [1.807, 2.05) is 11.0 Å². The van der Waals surface area contributed by atoms with Gasteiger partial charge in [0.1, 0.15) is 46.8 Å². The molecule has 2 aromatic carbocycles. The maximum absolute atomic E-state index is 14.4. The number of β-lactam (4-membered cyclic amide) rings is 2. The number of rotatable bonds is 9. The number of fused-ring (bicyclic) bond motifs is 2. The minimum absolute atomic E-state index is 0.0878. The molecular formula is C40H50FN7O13S2. The van der Waals surface area contributed by atoms with Crippen molar-refractivity contribution in [3.05, 3.63) is 59.9 Å². The van der Waals surface area contributed by atoms with Crippen LogP contribution in [-0.2, 0) is 48.1 Å². The standard InChI is InChI=1S/C16H20FN3O4.C16H19N3O4S.C8H11NO5S/c1-11(21)18-9-13-10-20(16(22)24-13)12-2-3-15(14(17)8-12)19-4-6-23-7-5-19;1-16(2)11(15(22)23)19-13(21)10(14(19)24-16)18-12(20)9(17)8-6-4-3-5-7-8;1-8(2)6(7(11)12)9-4(10)3-5(9)15(8,13)14/h2-3,8,13H,4-7,9-10H2,1H3,(H,18,21);3-7,9-11,14H,17H2,1-2H3,(H,18,20)(H,22,23);5-6H,3H2,1-2H3,(H,11,12)/t13-;9-,10-,11+,14-;5-,6+/m011/s1. The lowest BCUT2D eigenvalue weighted by Gasteiger charge is -2.43. The van der Waals surface area contributed by atoms with Crippen LogP contribution < -0.4 is 26.2 Å². The number of benzene rings is 2. The Hall–Kier alpha value is -5.52. The summed E-state index contributed by atoms with van der Waals surface area (Å²) in [6.07, 6.45) is -1.07. The van der Waals surface area contributed by atoms with E-state index in [-0.39, 0.29) is 42.5 Å². The number of sulfone groups is 1. The first-order valence-electron chi connectivity index (χ1n) is 20.0. The van der Waals surface area contributed by atoms with Gasteiger partial charge in [0.15, 0.2) is 9.84 Å². The van der Waals surface area contributed by atoms with Crippen LogP contribution >= 0.6 is 11.8 Å². The van der Waals surface area contributed by atoms with Gasteiger partial charge in [-0.1, -0.05) is 30.3 Å². The molecule has 0 aliphatic carbocycles. The molecule has 0 unspecified atom stereocenters. The molecule has 2 aromatic rings. The molecule has 63 heavy (non-hydrogen) atoms. The van der Waals surface area contributed by atoms with Gasteiger partial charge >= 0.3 is 18.0 Å². The first kappa shape index (κ1) is 47.0. The molecule has 0 saturated carbocycles. The van der Waals surface area contributed by atoms with Gasteiger partial charge in [0.05, 0.1) is 48.8 Å². The smallest absolute Gasteiger partial charge is 0.414 e. The van der Waals surface area contributed by atoms with Crippen LogP contribution in [0, 0.1) is 5.82 Å². The van der Waals surface area contributed by atoms with Gasteiger partial charge in [0, 0.05) is 24.8 Å². The second-order valence-electron chi connectivity index (χ2n) is 16.6. The number of nitrogens with one attached hydrogen (secondary N) is 2. The van der Waals surface area contributed by atoms with Crippen LogP contribution in [0.5, 0.6) is 0 Å². The van der Waals surface area contributed by atoms with Crippen LogP contribution in [0.2, 0.25) is 0 Å². The fourth-order valence-corrected chi connectivity index (χ4v) is 12.0. The minimum atomic E-state index is -3.57. The van der Waals surface area contributed by atoms with Crippen molar-refractivity contribution in [1.82, 2.24) is 20.4 Å². The first-order valence-corrected chi connectivity index (χ1v) is 22.4. The Morgan fingerprint density at radius 2 is 1.60 bits per heavy atom. The van der Waals surface area contributed by atoms with E-state index in [4.69, 9.17) is 20.3 Å². The number of anilines is 2. The molecule has 6 aliphatic rings. The molecule has 20 nitrogen and oxygen atoms in total. The van der Waals surface area contributed by atoms with E-state index in [0.717, 1.165) is 4.90 Å². The fraction of sp³-hybridized carbons (Fsp3) is 0.525. The highest BCUT2D eigenvalue weighted by Crippen LogP contribution is 2.51. The number of carboxylic acid groups (broad SMARTS) is 2. The van der Waals surface area contributed by atoms with Crippen molar-refractivity contribution in [2.45, 2.75) is 91.6 Å². The van der Waals surface area contributed by atoms with E-state index in [2.05, 4.69) is 10.6 Å². The largest absolute Gasteiger partial charge is 0.480 e. The molecule has 0 radical (unpaired) electrons. The number of morpholine rings is 1. The number of nitrogens with zero attached hydrogens (tertiary/aromatic N) is 4. The molecule has 8 rings (SSSR count). The highest BCUT2D eigenvalue weighted by atomic mass is 32.2. The molecule has 0 spiro atoms. The zero-order valence-electron chi connectivity index (χ0n) is 35.1. The van der Waals surface area contributed by atoms with E-state index in [1.54, 1.807) is 50.2 Å². The Bertz CT molecular complexity index is 2280. The van der Waals surface area contributed by atoms with Gasteiger partial charge in [0.25, 0.3) is 0 Å². The lowest BCUT2D eigenvalue weighted by atomic mass is 9.95. The molecule has 5 amide bonds. The van der Waals surface area contributed by atoms with Crippen molar-refractivity contribution >= 4 is 74.6 Å². The summed E-state index contributed by atoms with van der Waals surface area (Å²) < 4.78 is 46.6. The van der Waals surface area contributed by atoms with Gasteiger partial charge in [-0.3, -0.25) is 24.1 Å². The minimum Gasteiger partial charge on any atom is -0.480 e. The zero-order valence-corrected chi connectivity index (χ0v) is 36.7. The zero-order chi connectivity index (χ0) is 46.3. The maximum Gasteiger partial charge on any atom is 0.414 e. The number of carbonyl (C=O) groups excluding carboxylic acids is 5. The number of halogens is 1. The lowest BCUT2D eigenvalue weighted by molar-refractivity contribution is -0.161. The average molecular weight is 920 g/mol. The van der Waals surface area contributed by atoms with Crippen molar-refractivity contribution in [3.8, 4) is 0 Å². The third kappa shape index (κ3) is 9.00. The van der Waals surface area contributed by atoms with Gasteiger partial charge in [-0.15, -0.1) is 11.8 Å². The number of hydrogen-bond donors (Lipinski definition) is 5. The summed E-state index contributed by atoms with van der Waals surface area (Å²) >= 11 is 1.38.